The van der Waals surface area contributed by atoms with Crippen molar-refractivity contribution in [1.82, 2.24) is 25.3 Å². The maximum atomic E-state index is 5.39. The van der Waals surface area contributed by atoms with E-state index in [4.69, 9.17) is 21.9 Å². The molecule has 1 aliphatic heterocycles. The first-order chi connectivity index (χ1) is 14.1. The van der Waals surface area contributed by atoms with Gasteiger partial charge in [0.1, 0.15) is 10.8 Å². The predicted molar refractivity (Wildman–Crippen MR) is 120 cm³/mol. The first-order valence-corrected chi connectivity index (χ1v) is 11.0. The molecule has 1 fully saturated rings. The van der Waals surface area contributed by atoms with Crippen LogP contribution in [0.1, 0.15) is 26.2 Å². The zero-order chi connectivity index (χ0) is 20.5. The average Bonchev–Trinajstić information content (AvgIpc) is 2.72. The van der Waals surface area contributed by atoms with Gasteiger partial charge < -0.3 is 20.3 Å². The number of hydrogen-bond acceptors (Lipinski definition) is 8. The Morgan fingerprint density at radius 3 is 2.76 bits per heavy atom. The molecule has 0 radical (unpaired) electrons. The molecule has 2 aromatic heterocycles. The molecule has 0 amide bonds. The standard InChI is InChI=1S/C19H27N7OS2/c1-14-5-10-26(11-6-14)15-13-16(29-19-21-7-3-8-22-19)24-17(23-15)25-18(28)20-9-4-12-27-2/h3,7-8,13-14H,4-6,9-12H2,1-2H3,(H2,20,23,24,25,28). The third-order valence-electron chi connectivity index (χ3n) is 4.57. The average molecular weight is 434 g/mol. The minimum Gasteiger partial charge on any atom is -0.385 e. The van der Waals surface area contributed by atoms with E-state index >= 15 is 0 Å². The van der Waals surface area contributed by atoms with E-state index < -0.39 is 0 Å². The van der Waals surface area contributed by atoms with Gasteiger partial charge in [-0.25, -0.2) is 15.0 Å². The van der Waals surface area contributed by atoms with Gasteiger partial charge in [0, 0.05) is 51.8 Å². The zero-order valence-electron chi connectivity index (χ0n) is 16.8. The summed E-state index contributed by atoms with van der Waals surface area (Å²) < 4.78 is 5.06. The van der Waals surface area contributed by atoms with Gasteiger partial charge in [-0.3, -0.25) is 0 Å². The van der Waals surface area contributed by atoms with Crippen LogP contribution in [0.25, 0.3) is 0 Å². The van der Waals surface area contributed by atoms with E-state index in [1.54, 1.807) is 25.6 Å². The number of hydrogen-bond donors (Lipinski definition) is 2. The number of nitrogens with one attached hydrogen (secondary N) is 2. The lowest BCUT2D eigenvalue weighted by Gasteiger charge is -2.31. The van der Waals surface area contributed by atoms with Crippen LogP contribution in [0, 0.1) is 5.92 Å². The Balaban J connectivity index is 1.74. The zero-order valence-corrected chi connectivity index (χ0v) is 18.4. The molecule has 8 nitrogen and oxygen atoms in total. The highest BCUT2D eigenvalue weighted by atomic mass is 32.2. The van der Waals surface area contributed by atoms with Gasteiger partial charge in [-0.1, -0.05) is 6.92 Å². The van der Waals surface area contributed by atoms with Crippen molar-refractivity contribution in [1.29, 1.82) is 0 Å². The van der Waals surface area contributed by atoms with Crippen LogP contribution in [0.5, 0.6) is 0 Å². The Morgan fingerprint density at radius 1 is 1.28 bits per heavy atom. The smallest absolute Gasteiger partial charge is 0.232 e. The summed E-state index contributed by atoms with van der Waals surface area (Å²) >= 11 is 6.80. The van der Waals surface area contributed by atoms with Gasteiger partial charge in [-0.2, -0.15) is 4.98 Å². The Kier molecular flexibility index (Phi) is 8.38. The van der Waals surface area contributed by atoms with Gasteiger partial charge in [0.25, 0.3) is 0 Å². The van der Waals surface area contributed by atoms with Crippen LogP contribution in [0.15, 0.2) is 34.7 Å². The number of ether oxygens (including phenoxy) is 1. The van der Waals surface area contributed by atoms with E-state index in [0.29, 0.717) is 22.8 Å². The highest BCUT2D eigenvalue weighted by molar-refractivity contribution is 7.99. The van der Waals surface area contributed by atoms with Crippen LogP contribution in [0.4, 0.5) is 11.8 Å². The predicted octanol–water partition coefficient (Wildman–Crippen LogP) is 2.98. The maximum Gasteiger partial charge on any atom is 0.232 e. The molecule has 0 saturated carbocycles. The summed E-state index contributed by atoms with van der Waals surface area (Å²) in [5, 5.41) is 8.19. The van der Waals surface area contributed by atoms with Crippen LogP contribution >= 0.6 is 24.0 Å². The van der Waals surface area contributed by atoms with Crippen molar-refractivity contribution in [2.75, 3.05) is 43.6 Å². The highest BCUT2D eigenvalue weighted by Gasteiger charge is 2.19. The molecule has 3 rings (SSSR count). The van der Waals surface area contributed by atoms with E-state index in [9.17, 15) is 0 Å². The van der Waals surface area contributed by atoms with Gasteiger partial charge in [0.05, 0.1) is 0 Å². The minimum absolute atomic E-state index is 0.476. The number of methoxy groups -OCH3 is 1. The van der Waals surface area contributed by atoms with Crippen molar-refractivity contribution in [2.24, 2.45) is 5.92 Å². The quantitative estimate of drug-likeness (QED) is 0.280. The maximum absolute atomic E-state index is 5.39. The third kappa shape index (κ3) is 7.06. The lowest BCUT2D eigenvalue weighted by Crippen LogP contribution is -2.34. The van der Waals surface area contributed by atoms with Gasteiger partial charge in [0.15, 0.2) is 10.3 Å². The largest absolute Gasteiger partial charge is 0.385 e. The Morgan fingerprint density at radius 2 is 2.03 bits per heavy atom. The van der Waals surface area contributed by atoms with Crippen molar-refractivity contribution in [2.45, 2.75) is 36.4 Å². The van der Waals surface area contributed by atoms with Crippen LogP contribution in [0.2, 0.25) is 0 Å². The molecule has 3 heterocycles. The summed E-state index contributed by atoms with van der Waals surface area (Å²) in [6, 6.07) is 3.79. The molecular weight excluding hydrogens is 406 g/mol. The van der Waals surface area contributed by atoms with Crippen LogP contribution < -0.4 is 15.5 Å². The molecule has 0 atom stereocenters. The van der Waals surface area contributed by atoms with Crippen molar-refractivity contribution >= 4 is 40.9 Å². The minimum atomic E-state index is 0.476. The molecule has 0 aromatic carbocycles. The lowest BCUT2D eigenvalue weighted by atomic mass is 9.99. The van der Waals surface area contributed by atoms with Gasteiger partial charge in [-0.05, 0) is 55.2 Å². The molecule has 2 aromatic rings. The van der Waals surface area contributed by atoms with Crippen molar-refractivity contribution in [3.05, 3.63) is 24.5 Å². The molecule has 0 bridgehead atoms. The van der Waals surface area contributed by atoms with E-state index in [0.717, 1.165) is 55.7 Å². The lowest BCUT2D eigenvalue weighted by molar-refractivity contribution is 0.196. The molecule has 10 heteroatoms. The van der Waals surface area contributed by atoms with Gasteiger partial charge >= 0.3 is 0 Å². The van der Waals surface area contributed by atoms with Crippen molar-refractivity contribution in [3.8, 4) is 0 Å². The number of anilines is 2. The normalized spacial score (nSPS) is 14.6. The number of aromatic nitrogens is 4. The molecule has 1 aliphatic rings. The molecule has 0 unspecified atom stereocenters. The second-order valence-electron chi connectivity index (χ2n) is 6.92. The Hall–Kier alpha value is -2.04. The Bertz CT molecular complexity index is 785. The van der Waals surface area contributed by atoms with Crippen LogP contribution in [-0.2, 0) is 4.74 Å². The van der Waals surface area contributed by atoms with E-state index in [2.05, 4.69) is 37.4 Å². The summed E-state index contributed by atoms with van der Waals surface area (Å²) in [4.78, 5) is 20.2. The highest BCUT2D eigenvalue weighted by Crippen LogP contribution is 2.28. The summed E-state index contributed by atoms with van der Waals surface area (Å²) in [6.45, 7) is 5.69. The monoisotopic (exact) mass is 433 g/mol. The van der Waals surface area contributed by atoms with Crippen LogP contribution in [0.3, 0.4) is 0 Å². The first-order valence-electron chi connectivity index (χ1n) is 9.76. The summed E-state index contributed by atoms with van der Waals surface area (Å²) in [5.41, 5.74) is 0. The number of piperidine rings is 1. The van der Waals surface area contributed by atoms with E-state index in [1.165, 1.54) is 11.8 Å². The third-order valence-corrected chi connectivity index (χ3v) is 5.63. The SMILES string of the molecule is COCCCNC(=S)Nc1nc(Sc2ncccn2)cc(N2CCC(C)CC2)n1. The second-order valence-corrected chi connectivity index (χ2v) is 8.31. The topological polar surface area (TPSA) is 88.1 Å². The molecular formula is C19H27N7OS2. The number of thiocarbonyl (C=S) groups is 1. The van der Waals surface area contributed by atoms with Crippen molar-refractivity contribution in [3.63, 3.8) is 0 Å². The summed E-state index contributed by atoms with van der Waals surface area (Å²) in [6.07, 6.45) is 6.65. The Labute approximate surface area is 181 Å². The second kappa shape index (κ2) is 11.2. The number of rotatable bonds is 8. The number of nitrogens with zero attached hydrogens (tertiary/aromatic N) is 5. The van der Waals surface area contributed by atoms with Gasteiger partial charge in [0.2, 0.25) is 5.95 Å². The molecule has 2 N–H and O–H groups in total. The van der Waals surface area contributed by atoms with E-state index in [-0.39, 0.29) is 0 Å². The molecule has 0 aliphatic carbocycles. The van der Waals surface area contributed by atoms with Crippen molar-refractivity contribution < 1.29 is 4.74 Å². The molecule has 156 valence electrons. The fourth-order valence-corrected chi connectivity index (χ4v) is 3.82. The fourth-order valence-electron chi connectivity index (χ4n) is 2.92. The summed E-state index contributed by atoms with van der Waals surface area (Å²) in [7, 11) is 1.69. The van der Waals surface area contributed by atoms with E-state index in [1.807, 2.05) is 6.07 Å². The summed E-state index contributed by atoms with van der Waals surface area (Å²) in [5.74, 6) is 2.12. The first kappa shape index (κ1) is 21.7. The van der Waals surface area contributed by atoms with Gasteiger partial charge in [-0.15, -0.1) is 0 Å². The molecule has 0 spiro atoms. The molecule has 1 saturated heterocycles. The van der Waals surface area contributed by atoms with Crippen LogP contribution in [-0.4, -0.2) is 58.4 Å². The fraction of sp³-hybridized carbons (Fsp3) is 0.526. The molecule has 29 heavy (non-hydrogen) atoms.